The Labute approximate surface area is 119 Å². The molecule has 0 radical (unpaired) electrons. The molecule has 7 heteroatoms. The molecule has 0 aliphatic heterocycles. The number of nitrogens with zero attached hydrogens (tertiary/aromatic N) is 1. The van der Waals surface area contributed by atoms with Crippen molar-refractivity contribution in [3.8, 4) is 0 Å². The van der Waals surface area contributed by atoms with Gasteiger partial charge < -0.3 is 4.57 Å². The number of halogens is 1. The van der Waals surface area contributed by atoms with Gasteiger partial charge >= 0.3 is 0 Å². The van der Waals surface area contributed by atoms with E-state index in [1.807, 2.05) is 30.1 Å². The van der Waals surface area contributed by atoms with Gasteiger partial charge in [-0.1, -0.05) is 0 Å². The predicted molar refractivity (Wildman–Crippen MR) is 76.2 cm³/mol. The monoisotopic (exact) mass is 348 g/mol. The number of hydrogen-bond acceptors (Lipinski definition) is 3. The van der Waals surface area contributed by atoms with Gasteiger partial charge in [0.2, 0.25) is 10.0 Å². The van der Waals surface area contributed by atoms with Crippen LogP contribution in [0.1, 0.15) is 10.4 Å². The number of sulfonamides is 1. The van der Waals surface area contributed by atoms with Gasteiger partial charge in [-0.25, -0.2) is 13.1 Å². The molecule has 0 saturated heterocycles. The fraction of sp³-hybridized carbons (Fsp3) is 0.273. The number of aryl methyl sites for hydroxylation is 2. The minimum absolute atomic E-state index is 0.302. The fourth-order valence-corrected chi connectivity index (χ4v) is 5.05. The van der Waals surface area contributed by atoms with E-state index in [2.05, 4.69) is 20.7 Å². The SMILES string of the molecule is Cc1sc(Br)cc1S(=O)(=O)NCc1ccn(C)c1. The highest BCUT2D eigenvalue weighted by atomic mass is 79.9. The average molecular weight is 349 g/mol. The Hall–Kier alpha value is -0.630. The molecule has 0 saturated carbocycles. The van der Waals surface area contributed by atoms with Crippen LogP contribution in [0.15, 0.2) is 33.2 Å². The first-order valence-electron chi connectivity index (χ1n) is 5.25. The van der Waals surface area contributed by atoms with Crippen molar-refractivity contribution >= 4 is 37.3 Å². The lowest BCUT2D eigenvalue weighted by Crippen LogP contribution is -2.23. The smallest absolute Gasteiger partial charge is 0.242 e. The molecule has 1 N–H and O–H groups in total. The zero-order valence-electron chi connectivity index (χ0n) is 9.97. The number of thiophene rings is 1. The summed E-state index contributed by atoms with van der Waals surface area (Å²) in [5.41, 5.74) is 0.938. The molecular weight excluding hydrogens is 336 g/mol. The van der Waals surface area contributed by atoms with Gasteiger partial charge in [0.05, 0.1) is 8.68 Å². The van der Waals surface area contributed by atoms with E-state index in [0.29, 0.717) is 11.4 Å². The molecule has 2 rings (SSSR count). The lowest BCUT2D eigenvalue weighted by molar-refractivity contribution is 0.581. The summed E-state index contributed by atoms with van der Waals surface area (Å²) >= 11 is 4.71. The van der Waals surface area contributed by atoms with Crippen molar-refractivity contribution in [1.82, 2.24) is 9.29 Å². The van der Waals surface area contributed by atoms with Crippen LogP contribution in [0, 0.1) is 6.92 Å². The average Bonchev–Trinajstić information content (AvgIpc) is 2.82. The van der Waals surface area contributed by atoms with E-state index in [1.54, 1.807) is 13.0 Å². The highest BCUT2D eigenvalue weighted by molar-refractivity contribution is 9.11. The molecule has 0 atom stereocenters. The molecular formula is C11H13BrN2O2S2. The van der Waals surface area contributed by atoms with Gasteiger partial charge in [-0.15, -0.1) is 11.3 Å². The number of hydrogen-bond donors (Lipinski definition) is 1. The molecule has 0 unspecified atom stereocenters. The third kappa shape index (κ3) is 3.03. The van der Waals surface area contributed by atoms with E-state index in [0.717, 1.165) is 14.2 Å². The Kier molecular flexibility index (Phi) is 3.96. The highest BCUT2D eigenvalue weighted by Gasteiger charge is 2.19. The molecule has 2 aromatic heterocycles. The second kappa shape index (κ2) is 5.16. The first kappa shape index (κ1) is 13.8. The molecule has 0 aromatic carbocycles. The molecule has 0 bridgehead atoms. The molecule has 4 nitrogen and oxygen atoms in total. The van der Waals surface area contributed by atoms with Crippen molar-refractivity contribution in [3.63, 3.8) is 0 Å². The normalized spacial score (nSPS) is 11.9. The molecule has 2 aromatic rings. The summed E-state index contributed by atoms with van der Waals surface area (Å²) in [6.45, 7) is 2.10. The highest BCUT2D eigenvalue weighted by Crippen LogP contribution is 2.29. The van der Waals surface area contributed by atoms with Gasteiger partial charge in [-0.05, 0) is 40.5 Å². The minimum Gasteiger partial charge on any atom is -0.357 e. The van der Waals surface area contributed by atoms with Crippen molar-refractivity contribution in [2.24, 2.45) is 7.05 Å². The lowest BCUT2D eigenvalue weighted by Gasteiger charge is -2.04. The van der Waals surface area contributed by atoms with Crippen LogP contribution in [0.5, 0.6) is 0 Å². The number of aromatic nitrogens is 1. The Balaban J connectivity index is 2.15. The third-order valence-corrected chi connectivity index (χ3v) is 5.70. The summed E-state index contributed by atoms with van der Waals surface area (Å²) in [5.74, 6) is 0. The van der Waals surface area contributed by atoms with E-state index < -0.39 is 10.0 Å². The van der Waals surface area contributed by atoms with Gasteiger partial charge in [-0.3, -0.25) is 0 Å². The van der Waals surface area contributed by atoms with Crippen molar-refractivity contribution in [3.05, 3.63) is 38.8 Å². The molecule has 2 heterocycles. The largest absolute Gasteiger partial charge is 0.357 e. The second-order valence-corrected chi connectivity index (χ2v) is 8.35. The molecule has 98 valence electrons. The summed E-state index contributed by atoms with van der Waals surface area (Å²) < 4.78 is 29.5. The van der Waals surface area contributed by atoms with Crippen LogP contribution in [0.3, 0.4) is 0 Å². The Bertz CT molecular complexity index is 658. The Morgan fingerprint density at radius 1 is 1.50 bits per heavy atom. The maximum Gasteiger partial charge on any atom is 0.242 e. The van der Waals surface area contributed by atoms with Crippen molar-refractivity contribution < 1.29 is 8.42 Å². The number of nitrogens with one attached hydrogen (secondary N) is 1. The van der Waals surface area contributed by atoms with Crippen LogP contribution in [0.4, 0.5) is 0 Å². The van der Waals surface area contributed by atoms with Gasteiger partial charge in [0.25, 0.3) is 0 Å². The van der Waals surface area contributed by atoms with Gasteiger partial charge in [-0.2, -0.15) is 0 Å². The summed E-state index contributed by atoms with van der Waals surface area (Å²) in [6.07, 6.45) is 3.77. The summed E-state index contributed by atoms with van der Waals surface area (Å²) in [6, 6.07) is 3.52. The van der Waals surface area contributed by atoms with Crippen molar-refractivity contribution in [1.29, 1.82) is 0 Å². The zero-order valence-corrected chi connectivity index (χ0v) is 13.2. The molecule has 0 aliphatic rings. The quantitative estimate of drug-likeness (QED) is 0.923. The maximum absolute atomic E-state index is 12.1. The van der Waals surface area contributed by atoms with E-state index in [9.17, 15) is 8.42 Å². The standard InChI is InChI=1S/C11H13BrN2O2S2/c1-8-10(5-11(12)17-8)18(15,16)13-6-9-3-4-14(2)7-9/h3-5,7,13H,6H2,1-2H3. The first-order chi connectivity index (χ1) is 8.38. The van der Waals surface area contributed by atoms with Crippen LogP contribution < -0.4 is 4.72 Å². The van der Waals surface area contributed by atoms with Crippen molar-refractivity contribution in [2.75, 3.05) is 0 Å². The van der Waals surface area contributed by atoms with Crippen LogP contribution in [0.2, 0.25) is 0 Å². The first-order valence-corrected chi connectivity index (χ1v) is 8.34. The second-order valence-electron chi connectivity index (χ2n) is 3.98. The molecule has 0 fully saturated rings. The van der Waals surface area contributed by atoms with Crippen molar-refractivity contribution in [2.45, 2.75) is 18.4 Å². The van der Waals surface area contributed by atoms with E-state index >= 15 is 0 Å². The van der Waals surface area contributed by atoms with Crippen LogP contribution in [-0.4, -0.2) is 13.0 Å². The van der Waals surface area contributed by atoms with E-state index in [-0.39, 0.29) is 0 Å². The lowest BCUT2D eigenvalue weighted by atomic mass is 10.4. The topological polar surface area (TPSA) is 51.1 Å². The van der Waals surface area contributed by atoms with Crippen LogP contribution >= 0.6 is 27.3 Å². The summed E-state index contributed by atoms with van der Waals surface area (Å²) in [4.78, 5) is 1.12. The van der Waals surface area contributed by atoms with E-state index in [1.165, 1.54) is 11.3 Å². The predicted octanol–water partition coefficient (Wildman–Crippen LogP) is 2.64. The Morgan fingerprint density at radius 2 is 2.22 bits per heavy atom. The molecule has 18 heavy (non-hydrogen) atoms. The van der Waals surface area contributed by atoms with E-state index in [4.69, 9.17) is 0 Å². The number of rotatable bonds is 4. The van der Waals surface area contributed by atoms with Crippen LogP contribution in [0.25, 0.3) is 0 Å². The third-order valence-electron chi connectivity index (χ3n) is 2.49. The van der Waals surface area contributed by atoms with Gasteiger partial charge in [0, 0.05) is 30.9 Å². The Morgan fingerprint density at radius 3 is 2.72 bits per heavy atom. The molecule has 0 amide bonds. The van der Waals surface area contributed by atoms with Gasteiger partial charge in [0.15, 0.2) is 0 Å². The zero-order chi connectivity index (χ0) is 13.3. The molecule has 0 aliphatic carbocycles. The fourth-order valence-electron chi connectivity index (χ4n) is 1.62. The van der Waals surface area contributed by atoms with Gasteiger partial charge in [0.1, 0.15) is 0 Å². The molecule has 0 spiro atoms. The van der Waals surface area contributed by atoms with Crippen LogP contribution in [-0.2, 0) is 23.6 Å². The minimum atomic E-state index is -3.44. The maximum atomic E-state index is 12.1. The summed E-state index contributed by atoms with van der Waals surface area (Å²) in [7, 11) is -1.54. The summed E-state index contributed by atoms with van der Waals surface area (Å²) in [5, 5.41) is 0.